The Balaban J connectivity index is 1.88. The third-order valence-corrected chi connectivity index (χ3v) is 5.72. The Hall–Kier alpha value is -0.190. The molecule has 1 aromatic rings. The normalized spacial score (nSPS) is 18.1. The highest BCUT2D eigenvalue weighted by atomic mass is 35.5. The number of rotatable bonds is 6. The van der Waals surface area contributed by atoms with Gasteiger partial charge in [-0.15, -0.1) is 0 Å². The predicted octanol–water partition coefficient (Wildman–Crippen LogP) is 3.44. The first-order valence-corrected chi connectivity index (χ1v) is 8.56. The molecule has 2 rings (SSSR count). The van der Waals surface area contributed by atoms with E-state index in [1.54, 1.807) is 0 Å². The topological polar surface area (TPSA) is 38.0 Å². The zero-order chi connectivity index (χ0) is 13.8. The van der Waals surface area contributed by atoms with Gasteiger partial charge in [-0.1, -0.05) is 24.4 Å². The summed E-state index contributed by atoms with van der Waals surface area (Å²) in [6, 6.07) is 0. The summed E-state index contributed by atoms with van der Waals surface area (Å²) in [7, 11) is 0. The summed E-state index contributed by atoms with van der Waals surface area (Å²) < 4.78 is 1.90. The Kier molecular flexibility index (Phi) is 5.60. The van der Waals surface area contributed by atoms with Gasteiger partial charge in [-0.25, -0.2) is 0 Å². The molecule has 1 heterocycles. The van der Waals surface area contributed by atoms with Crippen LogP contribution in [0, 0.1) is 6.92 Å². The van der Waals surface area contributed by atoms with Gasteiger partial charge in [0.15, 0.2) is 0 Å². The number of aromatic nitrogens is 2. The minimum absolute atomic E-state index is 0.329. The second-order valence-corrected chi connectivity index (χ2v) is 6.97. The van der Waals surface area contributed by atoms with E-state index in [-0.39, 0.29) is 6.10 Å². The zero-order valence-electron chi connectivity index (χ0n) is 11.7. The van der Waals surface area contributed by atoms with E-state index in [0.29, 0.717) is 11.4 Å². The number of hydrogen-bond donors (Lipinski definition) is 1. The van der Waals surface area contributed by atoms with Crippen molar-refractivity contribution in [1.29, 1.82) is 0 Å². The van der Waals surface area contributed by atoms with Crippen molar-refractivity contribution in [2.75, 3.05) is 5.75 Å². The average Bonchev–Trinajstić information content (AvgIpc) is 3.00. The van der Waals surface area contributed by atoms with E-state index in [4.69, 9.17) is 11.6 Å². The highest BCUT2D eigenvalue weighted by Gasteiger charge is 2.20. The van der Waals surface area contributed by atoms with Gasteiger partial charge in [0, 0.05) is 24.0 Å². The third kappa shape index (κ3) is 3.89. The van der Waals surface area contributed by atoms with Crippen LogP contribution >= 0.6 is 23.4 Å². The Bertz CT molecular complexity index is 416. The second kappa shape index (κ2) is 7.00. The first-order chi connectivity index (χ1) is 9.11. The number of halogens is 1. The lowest BCUT2D eigenvalue weighted by molar-refractivity contribution is 0.197. The molecule has 108 valence electrons. The lowest BCUT2D eigenvalue weighted by Crippen LogP contribution is -2.18. The molecule has 0 saturated heterocycles. The first-order valence-electron chi connectivity index (χ1n) is 7.13. The van der Waals surface area contributed by atoms with Crippen LogP contribution in [0.5, 0.6) is 0 Å². The number of aliphatic hydroxyl groups is 1. The van der Waals surface area contributed by atoms with Gasteiger partial charge in [-0.2, -0.15) is 16.9 Å². The number of thioether (sulfide) groups is 1. The lowest BCUT2D eigenvalue weighted by Gasteiger charge is -2.14. The number of hydrogen-bond acceptors (Lipinski definition) is 3. The van der Waals surface area contributed by atoms with Crippen molar-refractivity contribution in [2.45, 2.75) is 63.9 Å². The molecule has 5 heteroatoms. The molecular formula is C14H23ClN2OS. The van der Waals surface area contributed by atoms with Crippen LogP contribution in [-0.2, 0) is 13.0 Å². The predicted molar refractivity (Wildman–Crippen MR) is 82.1 cm³/mol. The maximum Gasteiger partial charge on any atom is 0.0848 e. The van der Waals surface area contributed by atoms with E-state index in [0.717, 1.165) is 28.9 Å². The van der Waals surface area contributed by atoms with Gasteiger partial charge in [0.1, 0.15) is 0 Å². The highest BCUT2D eigenvalue weighted by Crippen LogP contribution is 2.30. The van der Waals surface area contributed by atoms with Crippen LogP contribution in [0.2, 0.25) is 5.02 Å². The van der Waals surface area contributed by atoms with Crippen LogP contribution in [0.4, 0.5) is 0 Å². The van der Waals surface area contributed by atoms with Gasteiger partial charge in [-0.05, 0) is 26.7 Å². The van der Waals surface area contributed by atoms with Crippen molar-refractivity contribution in [3.63, 3.8) is 0 Å². The van der Waals surface area contributed by atoms with Crippen molar-refractivity contribution in [1.82, 2.24) is 9.78 Å². The van der Waals surface area contributed by atoms with Gasteiger partial charge in [-0.3, -0.25) is 4.68 Å². The molecule has 0 radical (unpaired) electrons. The number of aliphatic hydroxyl groups excluding tert-OH is 1. The summed E-state index contributed by atoms with van der Waals surface area (Å²) >= 11 is 8.18. The molecule has 1 unspecified atom stereocenters. The van der Waals surface area contributed by atoms with Crippen LogP contribution in [-0.4, -0.2) is 32.0 Å². The van der Waals surface area contributed by atoms with Crippen molar-refractivity contribution in [2.24, 2.45) is 0 Å². The molecule has 3 nitrogen and oxygen atoms in total. The Morgan fingerprint density at radius 2 is 2.16 bits per heavy atom. The van der Waals surface area contributed by atoms with Gasteiger partial charge in [0.2, 0.25) is 0 Å². The molecule has 1 aromatic heterocycles. The molecule has 0 aliphatic heterocycles. The Morgan fingerprint density at radius 3 is 2.79 bits per heavy atom. The summed E-state index contributed by atoms with van der Waals surface area (Å²) in [6.07, 6.45) is 5.59. The van der Waals surface area contributed by atoms with E-state index in [9.17, 15) is 5.11 Å². The Labute approximate surface area is 124 Å². The van der Waals surface area contributed by atoms with Gasteiger partial charge in [0.05, 0.1) is 22.5 Å². The molecule has 0 bridgehead atoms. The maximum absolute atomic E-state index is 10.2. The Morgan fingerprint density at radius 1 is 1.47 bits per heavy atom. The van der Waals surface area contributed by atoms with Crippen molar-refractivity contribution in [3.8, 4) is 0 Å². The number of aryl methyl sites for hydroxylation is 2. The van der Waals surface area contributed by atoms with Gasteiger partial charge < -0.3 is 5.11 Å². The minimum atomic E-state index is -0.329. The van der Waals surface area contributed by atoms with E-state index >= 15 is 0 Å². The van der Waals surface area contributed by atoms with E-state index in [1.807, 2.05) is 30.3 Å². The second-order valence-electron chi connectivity index (χ2n) is 5.26. The standard InChI is InChI=1S/C14H23ClN2OS/c1-3-17-13(14(15)10(2)16-17)8-11(18)9-19-12-6-4-5-7-12/h11-12,18H,3-9H2,1-2H3. The minimum Gasteiger partial charge on any atom is -0.392 e. The lowest BCUT2D eigenvalue weighted by atomic mass is 10.2. The van der Waals surface area contributed by atoms with Crippen LogP contribution in [0.15, 0.2) is 0 Å². The molecular weight excluding hydrogens is 280 g/mol. The van der Waals surface area contributed by atoms with Crippen LogP contribution in [0.1, 0.15) is 44.0 Å². The molecule has 1 saturated carbocycles. The molecule has 0 spiro atoms. The molecule has 0 amide bonds. The molecule has 1 atom stereocenters. The largest absolute Gasteiger partial charge is 0.392 e. The van der Waals surface area contributed by atoms with Crippen molar-refractivity contribution in [3.05, 3.63) is 16.4 Å². The summed E-state index contributed by atoms with van der Waals surface area (Å²) in [5, 5.41) is 16.0. The van der Waals surface area contributed by atoms with E-state index in [2.05, 4.69) is 5.10 Å². The average molecular weight is 303 g/mol. The first kappa shape index (κ1) is 15.2. The molecule has 1 aliphatic carbocycles. The fourth-order valence-corrected chi connectivity index (χ4v) is 4.14. The summed E-state index contributed by atoms with van der Waals surface area (Å²) in [5.74, 6) is 0.801. The smallest absolute Gasteiger partial charge is 0.0848 e. The maximum atomic E-state index is 10.2. The fourth-order valence-electron chi connectivity index (χ4n) is 2.65. The third-order valence-electron chi connectivity index (χ3n) is 3.71. The van der Waals surface area contributed by atoms with Crippen LogP contribution in [0.3, 0.4) is 0 Å². The summed E-state index contributed by atoms with van der Waals surface area (Å²) in [6.45, 7) is 4.76. The quantitative estimate of drug-likeness (QED) is 0.875. The summed E-state index contributed by atoms with van der Waals surface area (Å²) in [4.78, 5) is 0. The molecule has 0 aromatic carbocycles. The van der Waals surface area contributed by atoms with Crippen molar-refractivity contribution < 1.29 is 5.11 Å². The van der Waals surface area contributed by atoms with Crippen LogP contribution in [0.25, 0.3) is 0 Å². The zero-order valence-corrected chi connectivity index (χ0v) is 13.3. The molecule has 1 aliphatic rings. The molecule has 19 heavy (non-hydrogen) atoms. The van der Waals surface area contributed by atoms with Gasteiger partial charge in [0.25, 0.3) is 0 Å². The fraction of sp³-hybridized carbons (Fsp3) is 0.786. The highest BCUT2D eigenvalue weighted by molar-refractivity contribution is 7.99. The molecule has 1 fully saturated rings. The summed E-state index contributed by atoms with van der Waals surface area (Å²) in [5.41, 5.74) is 1.83. The van der Waals surface area contributed by atoms with E-state index in [1.165, 1.54) is 25.7 Å². The van der Waals surface area contributed by atoms with Crippen LogP contribution < -0.4 is 0 Å². The number of nitrogens with zero attached hydrogens (tertiary/aromatic N) is 2. The van der Waals surface area contributed by atoms with Gasteiger partial charge >= 0.3 is 0 Å². The molecule has 1 N–H and O–H groups in total. The van der Waals surface area contributed by atoms with Crippen molar-refractivity contribution >= 4 is 23.4 Å². The SMILES string of the molecule is CCn1nc(C)c(Cl)c1CC(O)CSC1CCCC1. The monoisotopic (exact) mass is 302 g/mol. The van der Waals surface area contributed by atoms with E-state index < -0.39 is 0 Å².